The third-order valence-electron chi connectivity index (χ3n) is 7.44. The fourth-order valence-corrected chi connectivity index (χ4v) is 7.72. The number of allylic oxidation sites excluding steroid dienone is 2. The Morgan fingerprint density at radius 1 is 1.06 bits per heavy atom. The number of hydrogen-bond acceptors (Lipinski definition) is 7. The maximum absolute atomic E-state index is 12.8. The summed E-state index contributed by atoms with van der Waals surface area (Å²) in [4.78, 5) is 17.2. The Balaban J connectivity index is 1.21. The Hall–Kier alpha value is -2.54. The lowest BCUT2D eigenvalue weighted by Crippen LogP contribution is -2.45. The molecule has 4 unspecified atom stereocenters. The first-order chi connectivity index (χ1) is 17.2. The van der Waals surface area contributed by atoms with Crippen molar-refractivity contribution in [2.24, 2.45) is 16.8 Å². The topological polar surface area (TPSA) is 147 Å². The molecule has 0 bridgehead atoms. The normalized spacial score (nSPS) is 31.2. The molecule has 0 spiro atoms. The summed E-state index contributed by atoms with van der Waals surface area (Å²) in [5, 5.41) is 6.42. The molecule has 0 aromatic heterocycles. The summed E-state index contributed by atoms with van der Waals surface area (Å²) in [5.74, 6) is 0.369. The fraction of sp³-hybridized carbons (Fsp3) is 0.500. The molecule has 10 nitrogen and oxygen atoms in total. The molecule has 1 aromatic rings. The third-order valence-corrected chi connectivity index (χ3v) is 10.6. The maximum atomic E-state index is 12.8. The molecular weight excluding hydrogens is 502 g/mol. The number of sulfone groups is 1. The first-order valence-corrected chi connectivity index (χ1v) is 15.6. The van der Waals surface area contributed by atoms with E-state index in [4.69, 9.17) is 4.99 Å². The largest absolute Gasteiger partial charge is 0.311 e. The van der Waals surface area contributed by atoms with Gasteiger partial charge in [-0.2, -0.15) is 12.7 Å². The molecule has 0 radical (unpaired) electrons. The number of fused-ring (bicyclic) bond motifs is 2. The van der Waals surface area contributed by atoms with Gasteiger partial charge >= 0.3 is 10.2 Å². The van der Waals surface area contributed by atoms with E-state index in [2.05, 4.69) is 27.5 Å². The summed E-state index contributed by atoms with van der Waals surface area (Å²) >= 11 is 0. The highest BCUT2D eigenvalue weighted by molar-refractivity contribution is 7.92. The molecule has 192 valence electrons. The second-order valence-electron chi connectivity index (χ2n) is 10.1. The van der Waals surface area contributed by atoms with E-state index in [9.17, 15) is 21.6 Å². The standard InChI is InChI=1S/C24H29N5O5S2/c30-24(16-1-2-16)27-23-13-19(18-7-8-20-22(25-20)14-21(18)26-23)15-3-5-17(6-4-15)28-36(33,34)29-9-11-35(31,32)12-10-29/h3-8,13,16,18-20,22,25,28H,1-2,9-12,14H2,(H,27,30). The minimum Gasteiger partial charge on any atom is -0.311 e. The summed E-state index contributed by atoms with van der Waals surface area (Å²) in [5.41, 5.74) is 2.43. The van der Waals surface area contributed by atoms with Gasteiger partial charge in [0, 0.05) is 60.7 Å². The van der Waals surface area contributed by atoms with Crippen LogP contribution in [0.25, 0.3) is 0 Å². The van der Waals surface area contributed by atoms with Crippen LogP contribution in [-0.2, 0) is 24.8 Å². The number of benzene rings is 1. The number of hydrogen-bond donors (Lipinski definition) is 3. The van der Waals surface area contributed by atoms with E-state index in [1.165, 1.54) is 4.31 Å². The van der Waals surface area contributed by atoms with Crippen LogP contribution in [0, 0.1) is 11.8 Å². The number of anilines is 1. The van der Waals surface area contributed by atoms with Crippen molar-refractivity contribution >= 4 is 37.4 Å². The van der Waals surface area contributed by atoms with Gasteiger partial charge in [0.25, 0.3) is 0 Å². The Bertz CT molecular complexity index is 1370. The highest BCUT2D eigenvalue weighted by atomic mass is 32.2. The third kappa shape index (κ3) is 4.99. The number of carbonyl (C=O) groups excluding carboxylic acids is 1. The van der Waals surface area contributed by atoms with Crippen molar-refractivity contribution in [2.75, 3.05) is 29.3 Å². The van der Waals surface area contributed by atoms with Gasteiger partial charge in [0.1, 0.15) is 5.82 Å². The van der Waals surface area contributed by atoms with Gasteiger partial charge in [-0.3, -0.25) is 9.52 Å². The zero-order valence-electron chi connectivity index (χ0n) is 19.6. The number of amides is 1. The van der Waals surface area contributed by atoms with Gasteiger partial charge in [-0.25, -0.2) is 13.4 Å². The molecule has 5 aliphatic rings. The summed E-state index contributed by atoms with van der Waals surface area (Å²) < 4.78 is 52.5. The van der Waals surface area contributed by atoms with Gasteiger partial charge in [-0.05, 0) is 36.6 Å². The molecule has 12 heteroatoms. The highest BCUT2D eigenvalue weighted by Gasteiger charge is 2.41. The second-order valence-corrected chi connectivity index (χ2v) is 14.1. The lowest BCUT2D eigenvalue weighted by Gasteiger charge is -2.29. The van der Waals surface area contributed by atoms with E-state index >= 15 is 0 Å². The lowest BCUT2D eigenvalue weighted by atomic mass is 9.80. The average molecular weight is 532 g/mol. The predicted octanol–water partition coefficient (Wildman–Crippen LogP) is 0.896. The van der Waals surface area contributed by atoms with Crippen LogP contribution in [0.15, 0.2) is 53.3 Å². The SMILES string of the molecule is O=C(NC1=CC(c2ccc(NS(=O)(=O)N3CCS(=O)(=O)CC3)cc2)C2C=CC3NC3CC2=N1)C1CC1. The van der Waals surface area contributed by atoms with Gasteiger partial charge < -0.3 is 10.6 Å². The quantitative estimate of drug-likeness (QED) is 0.367. The minimum absolute atomic E-state index is 0.0182. The zero-order valence-corrected chi connectivity index (χ0v) is 21.3. The van der Waals surface area contributed by atoms with E-state index in [1.807, 2.05) is 18.2 Å². The van der Waals surface area contributed by atoms with Crippen molar-refractivity contribution in [2.45, 2.75) is 37.3 Å². The van der Waals surface area contributed by atoms with Crippen molar-refractivity contribution in [3.8, 4) is 0 Å². The molecule has 1 aromatic carbocycles. The van der Waals surface area contributed by atoms with Crippen molar-refractivity contribution < 1.29 is 21.6 Å². The molecule has 3 N–H and O–H groups in total. The maximum Gasteiger partial charge on any atom is 0.301 e. The first-order valence-electron chi connectivity index (χ1n) is 12.3. The van der Waals surface area contributed by atoms with Crippen LogP contribution < -0.4 is 15.4 Å². The van der Waals surface area contributed by atoms with Crippen LogP contribution >= 0.6 is 0 Å². The number of aliphatic imine (C=N–C) groups is 1. The molecular formula is C24H29N5O5S2. The Morgan fingerprint density at radius 2 is 1.78 bits per heavy atom. The summed E-state index contributed by atoms with van der Waals surface area (Å²) in [6, 6.07) is 7.96. The fourth-order valence-electron chi connectivity index (χ4n) is 5.06. The minimum atomic E-state index is -3.85. The summed E-state index contributed by atoms with van der Waals surface area (Å²) in [7, 11) is -7.03. The number of carbonyl (C=O) groups is 1. The smallest absolute Gasteiger partial charge is 0.301 e. The van der Waals surface area contributed by atoms with Crippen LogP contribution in [0.5, 0.6) is 0 Å². The number of nitrogens with one attached hydrogen (secondary N) is 3. The number of nitrogens with zero attached hydrogens (tertiary/aromatic N) is 2. The summed E-state index contributed by atoms with van der Waals surface area (Å²) in [6.45, 7) is -0.101. The molecule has 4 atom stereocenters. The molecule has 1 saturated carbocycles. The van der Waals surface area contributed by atoms with Crippen molar-refractivity contribution in [1.29, 1.82) is 0 Å². The van der Waals surface area contributed by atoms with E-state index in [0.717, 1.165) is 30.5 Å². The molecule has 2 aliphatic carbocycles. The Labute approximate surface area is 211 Å². The molecule has 3 aliphatic heterocycles. The van der Waals surface area contributed by atoms with Crippen molar-refractivity contribution in [3.05, 3.63) is 53.9 Å². The van der Waals surface area contributed by atoms with Crippen LogP contribution in [0.4, 0.5) is 5.69 Å². The molecule has 36 heavy (non-hydrogen) atoms. The van der Waals surface area contributed by atoms with Gasteiger partial charge in [-0.1, -0.05) is 24.3 Å². The van der Waals surface area contributed by atoms with Gasteiger partial charge in [0.15, 0.2) is 9.84 Å². The molecule has 2 saturated heterocycles. The van der Waals surface area contributed by atoms with E-state index in [1.54, 1.807) is 12.1 Å². The Kier molecular flexibility index (Phi) is 5.82. The van der Waals surface area contributed by atoms with E-state index in [0.29, 0.717) is 23.6 Å². The first kappa shape index (κ1) is 23.8. The molecule has 6 rings (SSSR count). The van der Waals surface area contributed by atoms with Gasteiger partial charge in [-0.15, -0.1) is 0 Å². The van der Waals surface area contributed by atoms with E-state index in [-0.39, 0.29) is 48.3 Å². The monoisotopic (exact) mass is 531 g/mol. The van der Waals surface area contributed by atoms with Crippen molar-refractivity contribution in [3.63, 3.8) is 0 Å². The van der Waals surface area contributed by atoms with Crippen molar-refractivity contribution in [1.82, 2.24) is 14.9 Å². The lowest BCUT2D eigenvalue weighted by molar-refractivity contribution is -0.121. The van der Waals surface area contributed by atoms with Crippen LogP contribution in [0.1, 0.15) is 30.7 Å². The second kappa shape index (κ2) is 8.79. The highest BCUT2D eigenvalue weighted by Crippen LogP contribution is 2.39. The molecule has 3 fully saturated rings. The van der Waals surface area contributed by atoms with Crippen LogP contribution in [0.3, 0.4) is 0 Å². The average Bonchev–Trinajstić information content (AvgIpc) is 3.72. The number of rotatable bonds is 6. The molecule has 3 heterocycles. The van der Waals surface area contributed by atoms with Gasteiger partial charge in [0.2, 0.25) is 5.91 Å². The molecule has 1 amide bonds. The van der Waals surface area contributed by atoms with Crippen LogP contribution in [0.2, 0.25) is 0 Å². The van der Waals surface area contributed by atoms with Gasteiger partial charge in [0.05, 0.1) is 11.5 Å². The zero-order chi connectivity index (χ0) is 25.1. The predicted molar refractivity (Wildman–Crippen MR) is 136 cm³/mol. The van der Waals surface area contributed by atoms with E-state index < -0.39 is 20.0 Å². The van der Waals surface area contributed by atoms with Crippen LogP contribution in [-0.4, -0.2) is 69.4 Å². The summed E-state index contributed by atoms with van der Waals surface area (Å²) in [6.07, 6.45) is 9.03. The Morgan fingerprint density at radius 3 is 2.47 bits per heavy atom.